The first-order valence-electron chi connectivity index (χ1n) is 8.64. The van der Waals surface area contributed by atoms with Gasteiger partial charge in [0.05, 0.1) is 13.1 Å². The number of aliphatic imine (C=N–C) groups is 1. The van der Waals surface area contributed by atoms with Crippen LogP contribution >= 0.6 is 24.0 Å². The van der Waals surface area contributed by atoms with E-state index in [1.807, 2.05) is 13.1 Å². The van der Waals surface area contributed by atoms with Crippen LogP contribution in [0.1, 0.15) is 19.4 Å². The molecule has 0 radical (unpaired) electrons. The normalized spacial score (nSPS) is 15.2. The third-order valence-corrected chi connectivity index (χ3v) is 4.07. The maximum atomic E-state index is 5.27. The van der Waals surface area contributed by atoms with Crippen molar-refractivity contribution in [1.29, 1.82) is 0 Å². The highest BCUT2D eigenvalue weighted by atomic mass is 127. The predicted octanol–water partition coefficient (Wildman–Crippen LogP) is 1.53. The molecule has 7 heteroatoms. The highest BCUT2D eigenvalue weighted by molar-refractivity contribution is 14.0. The van der Waals surface area contributed by atoms with Gasteiger partial charge < -0.3 is 20.4 Å². The van der Waals surface area contributed by atoms with E-state index < -0.39 is 0 Å². The topological polar surface area (TPSA) is 55.8 Å². The lowest BCUT2D eigenvalue weighted by molar-refractivity contribution is 0.270. The molecule has 1 saturated heterocycles. The van der Waals surface area contributed by atoms with Crippen LogP contribution in [0.4, 0.5) is 5.82 Å². The lowest BCUT2D eigenvalue weighted by Crippen LogP contribution is -2.46. The molecule has 138 valence electrons. The molecule has 0 aromatic carbocycles. The van der Waals surface area contributed by atoms with E-state index in [9.17, 15) is 0 Å². The number of aromatic nitrogens is 1. The van der Waals surface area contributed by atoms with Crippen LogP contribution < -0.4 is 15.5 Å². The Labute approximate surface area is 168 Å². The molecule has 2 N–H and O–H groups in total. The van der Waals surface area contributed by atoms with Crippen LogP contribution in [0.5, 0.6) is 0 Å². The summed E-state index contributed by atoms with van der Waals surface area (Å²) in [5.41, 5.74) is 1.09. The number of pyridine rings is 1. The number of hydrogen-bond donors (Lipinski definition) is 2. The Kier molecular flexibility index (Phi) is 10.3. The second-order valence-electron chi connectivity index (χ2n) is 5.70. The molecule has 0 amide bonds. The maximum Gasteiger partial charge on any atom is 0.192 e. The fourth-order valence-electron chi connectivity index (χ4n) is 2.64. The number of guanidine groups is 1. The Balaban J connectivity index is 0.00000312. The summed E-state index contributed by atoms with van der Waals surface area (Å²) in [4.78, 5) is 13.9. The van der Waals surface area contributed by atoms with Gasteiger partial charge in [0.1, 0.15) is 5.82 Å². The summed E-state index contributed by atoms with van der Waals surface area (Å²) in [6.07, 6.45) is 7.18. The first-order chi connectivity index (χ1) is 11.8. The number of terminal acetylenes is 1. The predicted molar refractivity (Wildman–Crippen MR) is 116 cm³/mol. The number of hydrogen-bond acceptors (Lipinski definition) is 4. The largest absolute Gasteiger partial charge is 0.357 e. The van der Waals surface area contributed by atoms with Crippen molar-refractivity contribution in [1.82, 2.24) is 20.5 Å². The Morgan fingerprint density at radius 2 is 2.00 bits per heavy atom. The van der Waals surface area contributed by atoms with Crippen molar-refractivity contribution in [2.24, 2.45) is 4.99 Å². The smallest absolute Gasteiger partial charge is 0.192 e. The van der Waals surface area contributed by atoms with Gasteiger partial charge in [-0.2, -0.15) is 0 Å². The quantitative estimate of drug-likeness (QED) is 0.295. The van der Waals surface area contributed by atoms with Gasteiger partial charge in [-0.15, -0.1) is 30.4 Å². The Bertz CT molecular complexity index is 558. The summed E-state index contributed by atoms with van der Waals surface area (Å²) in [5.74, 6) is 4.34. The fourth-order valence-corrected chi connectivity index (χ4v) is 2.64. The minimum atomic E-state index is 0. The first-order valence-corrected chi connectivity index (χ1v) is 8.64. The Morgan fingerprint density at radius 3 is 2.56 bits per heavy atom. The minimum absolute atomic E-state index is 0. The Hall–Kier alpha value is -1.53. The highest BCUT2D eigenvalue weighted by Crippen LogP contribution is 2.14. The van der Waals surface area contributed by atoms with Crippen LogP contribution in [0.15, 0.2) is 23.3 Å². The zero-order chi connectivity index (χ0) is 17.2. The molecule has 6 nitrogen and oxygen atoms in total. The van der Waals surface area contributed by atoms with Gasteiger partial charge in [0.15, 0.2) is 5.96 Å². The van der Waals surface area contributed by atoms with Crippen LogP contribution in [0.2, 0.25) is 0 Å². The molecule has 0 saturated carbocycles. The highest BCUT2D eigenvalue weighted by Gasteiger charge is 2.16. The molecule has 1 aromatic heterocycles. The summed E-state index contributed by atoms with van der Waals surface area (Å²) in [6, 6.07) is 4.19. The zero-order valence-electron chi connectivity index (χ0n) is 15.2. The van der Waals surface area contributed by atoms with Gasteiger partial charge >= 0.3 is 0 Å². The Morgan fingerprint density at radius 1 is 1.24 bits per heavy atom. The number of nitrogens with zero attached hydrogens (tertiary/aromatic N) is 4. The van der Waals surface area contributed by atoms with Gasteiger partial charge in [0.25, 0.3) is 0 Å². The summed E-state index contributed by atoms with van der Waals surface area (Å²) in [5, 5.41) is 6.25. The van der Waals surface area contributed by atoms with E-state index >= 15 is 0 Å². The SMILES string of the molecule is C#CCNC(=NCc1ccc(N2CCN(CC)CC2)nc1)NCC.I. The van der Waals surface area contributed by atoms with Crippen LogP contribution in [-0.2, 0) is 6.54 Å². The molecule has 0 bridgehead atoms. The number of nitrogens with one attached hydrogen (secondary N) is 2. The number of piperazine rings is 1. The molecule has 0 spiro atoms. The standard InChI is InChI=1S/C18H28N6.HI/c1-4-9-20-18(19-5-2)22-15-16-7-8-17(21-14-16)24-12-10-23(6-3)11-13-24;/h1,7-8,14H,5-6,9-13,15H2,2-3H3,(H2,19,20,22);1H. The molecule has 1 aliphatic heterocycles. The number of likely N-dealkylation sites (N-methyl/N-ethyl adjacent to an activating group) is 1. The van der Waals surface area contributed by atoms with E-state index in [0.717, 1.165) is 56.6 Å². The van der Waals surface area contributed by atoms with Gasteiger partial charge in [0.2, 0.25) is 0 Å². The van der Waals surface area contributed by atoms with Crippen LogP contribution in [0.3, 0.4) is 0 Å². The molecule has 0 aliphatic carbocycles. The molecular formula is C18H29IN6. The first kappa shape index (κ1) is 21.5. The summed E-state index contributed by atoms with van der Waals surface area (Å²) in [6.45, 7) is 11.5. The molecule has 2 heterocycles. The number of rotatable bonds is 6. The van der Waals surface area contributed by atoms with Crippen LogP contribution in [-0.4, -0.2) is 61.7 Å². The lowest BCUT2D eigenvalue weighted by atomic mass is 10.2. The number of halogens is 1. The molecule has 0 unspecified atom stereocenters. The van der Waals surface area contributed by atoms with Crippen molar-refractivity contribution in [3.8, 4) is 12.3 Å². The van der Waals surface area contributed by atoms with Gasteiger partial charge in [0, 0.05) is 38.9 Å². The van der Waals surface area contributed by atoms with E-state index in [-0.39, 0.29) is 24.0 Å². The molecule has 2 rings (SSSR count). The molecule has 1 aromatic rings. The minimum Gasteiger partial charge on any atom is -0.357 e. The average Bonchev–Trinajstić information content (AvgIpc) is 2.64. The van der Waals surface area contributed by atoms with E-state index in [4.69, 9.17) is 6.42 Å². The van der Waals surface area contributed by atoms with Crippen molar-refractivity contribution in [3.05, 3.63) is 23.9 Å². The van der Waals surface area contributed by atoms with Crippen LogP contribution in [0, 0.1) is 12.3 Å². The molecular weight excluding hydrogens is 427 g/mol. The van der Waals surface area contributed by atoms with Crippen molar-refractivity contribution in [2.45, 2.75) is 20.4 Å². The second-order valence-corrected chi connectivity index (χ2v) is 5.70. The number of anilines is 1. The van der Waals surface area contributed by atoms with E-state index in [1.54, 1.807) is 0 Å². The summed E-state index contributed by atoms with van der Waals surface area (Å²) in [7, 11) is 0. The maximum absolute atomic E-state index is 5.27. The van der Waals surface area contributed by atoms with Gasteiger partial charge in [-0.3, -0.25) is 0 Å². The summed E-state index contributed by atoms with van der Waals surface area (Å²) >= 11 is 0. The van der Waals surface area contributed by atoms with Crippen molar-refractivity contribution >= 4 is 35.8 Å². The van der Waals surface area contributed by atoms with Crippen molar-refractivity contribution in [3.63, 3.8) is 0 Å². The van der Waals surface area contributed by atoms with Gasteiger partial charge in [-0.1, -0.05) is 18.9 Å². The average molecular weight is 456 g/mol. The molecule has 0 atom stereocenters. The molecule has 25 heavy (non-hydrogen) atoms. The monoisotopic (exact) mass is 456 g/mol. The van der Waals surface area contributed by atoms with Gasteiger partial charge in [-0.25, -0.2) is 9.98 Å². The fraction of sp³-hybridized carbons (Fsp3) is 0.556. The summed E-state index contributed by atoms with van der Waals surface area (Å²) < 4.78 is 0. The third-order valence-electron chi connectivity index (χ3n) is 4.07. The molecule has 1 aliphatic rings. The lowest BCUT2D eigenvalue weighted by Gasteiger charge is -2.34. The molecule has 1 fully saturated rings. The van der Waals surface area contributed by atoms with Crippen LogP contribution in [0.25, 0.3) is 0 Å². The van der Waals surface area contributed by atoms with Crippen molar-refractivity contribution in [2.75, 3.05) is 50.7 Å². The third kappa shape index (κ3) is 7.08. The van der Waals surface area contributed by atoms with Crippen molar-refractivity contribution < 1.29 is 0 Å². The van der Waals surface area contributed by atoms with E-state index in [1.165, 1.54) is 0 Å². The van der Waals surface area contributed by atoms with E-state index in [0.29, 0.717) is 13.1 Å². The second kappa shape index (κ2) is 11.9. The van der Waals surface area contributed by atoms with Gasteiger partial charge in [-0.05, 0) is 25.1 Å². The zero-order valence-corrected chi connectivity index (χ0v) is 17.5. The van der Waals surface area contributed by atoms with E-state index in [2.05, 4.69) is 55.4 Å².